The van der Waals surface area contributed by atoms with Gasteiger partial charge in [-0.3, -0.25) is 4.79 Å². The molecule has 1 fully saturated rings. The molecule has 1 aliphatic rings. The fourth-order valence-corrected chi connectivity index (χ4v) is 4.38. The number of anilines is 1. The maximum absolute atomic E-state index is 12.3. The maximum atomic E-state index is 12.3. The smallest absolute Gasteiger partial charge is 0.247 e. The quantitative estimate of drug-likeness (QED) is 0.418. The second kappa shape index (κ2) is 9.52. The molecule has 9 heteroatoms. The number of fused-ring (bicyclic) bond motifs is 1. The number of ether oxygens (including phenoxy) is 1. The van der Waals surface area contributed by atoms with Crippen molar-refractivity contribution in [3.8, 4) is 22.8 Å². The van der Waals surface area contributed by atoms with E-state index in [1.54, 1.807) is 4.90 Å². The summed E-state index contributed by atoms with van der Waals surface area (Å²) >= 11 is 5.61. The van der Waals surface area contributed by atoms with E-state index in [0.717, 1.165) is 29.9 Å². The summed E-state index contributed by atoms with van der Waals surface area (Å²) in [6.45, 7) is 1.20. The molecule has 2 aromatic carbocycles. The van der Waals surface area contributed by atoms with E-state index < -0.39 is 0 Å². The molecule has 0 bridgehead atoms. The lowest BCUT2D eigenvalue weighted by Crippen LogP contribution is -2.40. The Morgan fingerprint density at radius 1 is 1.09 bits per heavy atom. The van der Waals surface area contributed by atoms with Gasteiger partial charge in [-0.2, -0.15) is 5.10 Å². The molecule has 3 heterocycles. The van der Waals surface area contributed by atoms with Crippen molar-refractivity contribution in [1.29, 1.82) is 0 Å². The van der Waals surface area contributed by atoms with Gasteiger partial charge in [-0.05, 0) is 49.2 Å². The molecule has 1 aliphatic heterocycles. The van der Waals surface area contributed by atoms with Gasteiger partial charge in [0.05, 0.1) is 11.4 Å². The fourth-order valence-electron chi connectivity index (χ4n) is 4.27. The molecule has 2 aromatic heterocycles. The van der Waals surface area contributed by atoms with Crippen molar-refractivity contribution in [3.63, 3.8) is 0 Å². The van der Waals surface area contributed by atoms with E-state index in [2.05, 4.69) is 9.97 Å². The minimum atomic E-state index is -0.112. The minimum Gasteiger partial charge on any atom is -0.457 e. The maximum Gasteiger partial charge on any atom is 0.247 e. The van der Waals surface area contributed by atoms with Crippen LogP contribution < -0.4 is 10.5 Å². The average Bonchev–Trinajstić information content (AvgIpc) is 3.26. The van der Waals surface area contributed by atoms with Crippen LogP contribution in [0, 0.1) is 0 Å². The molecule has 5 rings (SSSR count). The number of halogens is 1. The standard InChI is InChI=1S/C25H23ClN6O2/c26-13-12-21(33)31-14-4-5-18(15-31)32-25-22(24(27)28-16-29-25)23(30-32)17-8-10-20(11-9-17)34-19-6-2-1-3-7-19/h1-3,6-13,16,18H,4-5,14-15H2,(H2,27,28,29)/b13-12+/t18-/m1/s1. The Balaban J connectivity index is 1.49. The fraction of sp³-hybridized carbons (Fsp3) is 0.200. The van der Waals surface area contributed by atoms with Crippen LogP contribution in [0.4, 0.5) is 5.82 Å². The number of nitrogens with two attached hydrogens (primary N) is 1. The van der Waals surface area contributed by atoms with Crippen molar-refractivity contribution in [2.75, 3.05) is 18.8 Å². The number of amides is 1. The van der Waals surface area contributed by atoms with Gasteiger partial charge >= 0.3 is 0 Å². The molecule has 1 amide bonds. The van der Waals surface area contributed by atoms with Crippen LogP contribution in [0.1, 0.15) is 18.9 Å². The third-order valence-electron chi connectivity index (χ3n) is 5.88. The molecule has 1 atom stereocenters. The zero-order chi connectivity index (χ0) is 23.5. The summed E-state index contributed by atoms with van der Waals surface area (Å²) < 4.78 is 7.78. The molecule has 1 saturated heterocycles. The molecule has 0 aliphatic carbocycles. The highest BCUT2D eigenvalue weighted by atomic mass is 35.5. The molecule has 0 unspecified atom stereocenters. The molecule has 34 heavy (non-hydrogen) atoms. The highest BCUT2D eigenvalue weighted by Crippen LogP contribution is 2.34. The third kappa shape index (κ3) is 4.32. The Kier molecular flexibility index (Phi) is 6.14. The van der Waals surface area contributed by atoms with E-state index in [9.17, 15) is 4.79 Å². The lowest BCUT2D eigenvalue weighted by Gasteiger charge is -2.32. The van der Waals surface area contributed by atoms with Gasteiger partial charge in [-0.15, -0.1) is 0 Å². The summed E-state index contributed by atoms with van der Waals surface area (Å²) in [5.41, 5.74) is 9.73. The summed E-state index contributed by atoms with van der Waals surface area (Å²) in [6.07, 6.45) is 4.54. The van der Waals surface area contributed by atoms with Crippen molar-refractivity contribution >= 4 is 34.4 Å². The number of likely N-dealkylation sites (tertiary alicyclic amines) is 1. The van der Waals surface area contributed by atoms with Crippen molar-refractivity contribution in [3.05, 3.63) is 72.5 Å². The topological polar surface area (TPSA) is 99.2 Å². The molecule has 0 spiro atoms. The van der Waals surface area contributed by atoms with E-state index in [1.807, 2.05) is 59.3 Å². The summed E-state index contributed by atoms with van der Waals surface area (Å²) in [5, 5.41) is 5.61. The molecular weight excluding hydrogens is 452 g/mol. The van der Waals surface area contributed by atoms with Crippen LogP contribution in [0.25, 0.3) is 22.3 Å². The zero-order valence-corrected chi connectivity index (χ0v) is 19.1. The van der Waals surface area contributed by atoms with Crippen molar-refractivity contribution in [1.82, 2.24) is 24.6 Å². The van der Waals surface area contributed by atoms with Crippen molar-refractivity contribution in [2.45, 2.75) is 18.9 Å². The number of piperidine rings is 1. The van der Waals surface area contributed by atoms with E-state index >= 15 is 0 Å². The summed E-state index contributed by atoms with van der Waals surface area (Å²) in [5.74, 6) is 1.74. The Labute approximate surface area is 201 Å². The van der Waals surface area contributed by atoms with Crippen LogP contribution in [0.2, 0.25) is 0 Å². The van der Waals surface area contributed by atoms with E-state index in [1.165, 1.54) is 17.9 Å². The van der Waals surface area contributed by atoms with E-state index in [4.69, 9.17) is 27.2 Å². The molecule has 0 radical (unpaired) electrons. The average molecular weight is 475 g/mol. The Morgan fingerprint density at radius 2 is 1.85 bits per heavy atom. The number of carbonyl (C=O) groups excluding carboxylic acids is 1. The van der Waals surface area contributed by atoms with Crippen LogP contribution in [-0.2, 0) is 4.79 Å². The van der Waals surface area contributed by atoms with Gasteiger partial charge in [0.2, 0.25) is 5.91 Å². The van der Waals surface area contributed by atoms with Crippen LogP contribution in [0.15, 0.2) is 72.5 Å². The molecule has 172 valence electrons. The zero-order valence-electron chi connectivity index (χ0n) is 18.3. The first-order chi connectivity index (χ1) is 16.6. The van der Waals surface area contributed by atoms with Gasteiger partial charge in [0.25, 0.3) is 0 Å². The van der Waals surface area contributed by atoms with Gasteiger partial charge in [-0.25, -0.2) is 14.6 Å². The van der Waals surface area contributed by atoms with Crippen LogP contribution in [-0.4, -0.2) is 43.6 Å². The highest BCUT2D eigenvalue weighted by Gasteiger charge is 2.28. The first-order valence-corrected chi connectivity index (χ1v) is 11.5. The second-order valence-corrected chi connectivity index (χ2v) is 8.32. The monoisotopic (exact) mass is 474 g/mol. The van der Waals surface area contributed by atoms with Crippen molar-refractivity contribution < 1.29 is 9.53 Å². The first-order valence-electron chi connectivity index (χ1n) is 11.0. The third-order valence-corrected chi connectivity index (χ3v) is 6.01. The molecule has 2 N–H and O–H groups in total. The highest BCUT2D eigenvalue weighted by molar-refractivity contribution is 6.26. The Hall–Kier alpha value is -3.91. The number of rotatable bonds is 5. The Bertz CT molecular complexity index is 1340. The number of hydrogen-bond acceptors (Lipinski definition) is 6. The first kappa shape index (κ1) is 21.9. The van der Waals surface area contributed by atoms with Crippen LogP contribution in [0.3, 0.4) is 0 Å². The number of nitrogens with zero attached hydrogens (tertiary/aromatic N) is 5. The summed E-state index contributed by atoms with van der Waals surface area (Å²) in [7, 11) is 0. The SMILES string of the molecule is Nc1ncnc2c1c(-c1ccc(Oc3ccccc3)cc1)nn2[C@@H]1CCCN(C(=O)/C=C/Cl)C1. The molecule has 8 nitrogen and oxygen atoms in total. The normalized spacial score (nSPS) is 16.3. The van der Waals surface area contributed by atoms with Crippen LogP contribution >= 0.6 is 11.6 Å². The summed E-state index contributed by atoms with van der Waals surface area (Å²) in [6, 6.07) is 17.3. The predicted molar refractivity (Wildman–Crippen MR) is 132 cm³/mol. The number of benzene rings is 2. The summed E-state index contributed by atoms with van der Waals surface area (Å²) in [4.78, 5) is 22.8. The number of hydrogen-bond donors (Lipinski definition) is 1. The second-order valence-electron chi connectivity index (χ2n) is 8.06. The van der Waals surface area contributed by atoms with Gasteiger partial charge in [0, 0.05) is 30.3 Å². The Morgan fingerprint density at radius 3 is 2.62 bits per heavy atom. The largest absolute Gasteiger partial charge is 0.457 e. The van der Waals surface area contributed by atoms with Gasteiger partial charge in [-0.1, -0.05) is 29.8 Å². The molecule has 0 saturated carbocycles. The number of nitrogen functional groups attached to an aromatic ring is 1. The molecular formula is C25H23ClN6O2. The number of para-hydroxylation sites is 1. The van der Waals surface area contributed by atoms with E-state index in [0.29, 0.717) is 35.6 Å². The lowest BCUT2D eigenvalue weighted by atomic mass is 10.1. The van der Waals surface area contributed by atoms with Gasteiger partial charge in [0.15, 0.2) is 5.65 Å². The number of carbonyl (C=O) groups is 1. The van der Waals surface area contributed by atoms with E-state index in [-0.39, 0.29) is 11.9 Å². The van der Waals surface area contributed by atoms with Crippen LogP contribution in [0.5, 0.6) is 11.5 Å². The van der Waals surface area contributed by atoms with Gasteiger partial charge < -0.3 is 15.4 Å². The lowest BCUT2D eigenvalue weighted by molar-refractivity contribution is -0.127. The predicted octanol–water partition coefficient (Wildman–Crippen LogP) is 4.78. The number of aromatic nitrogens is 4. The minimum absolute atomic E-state index is 0.0346. The molecule has 4 aromatic rings. The van der Waals surface area contributed by atoms with Gasteiger partial charge in [0.1, 0.15) is 29.3 Å². The van der Waals surface area contributed by atoms with Crippen molar-refractivity contribution in [2.24, 2.45) is 0 Å².